The Morgan fingerprint density at radius 1 is 1.13 bits per heavy atom. The number of nitrogens with zero attached hydrogens (tertiary/aromatic N) is 3. The highest BCUT2D eigenvalue weighted by Gasteiger charge is 2.20. The predicted octanol–water partition coefficient (Wildman–Crippen LogP) is 3.22. The van der Waals surface area contributed by atoms with Crippen LogP contribution in [-0.2, 0) is 6.54 Å². The molecule has 0 spiro atoms. The van der Waals surface area contributed by atoms with Gasteiger partial charge < -0.3 is 9.55 Å². The number of imidazole rings is 1. The lowest BCUT2D eigenvalue weighted by atomic mass is 9.89. The number of fused-ring (bicyclic) bond motifs is 1. The van der Waals surface area contributed by atoms with Gasteiger partial charge in [0.2, 0.25) is 0 Å². The lowest BCUT2D eigenvalue weighted by Crippen LogP contribution is -2.18. The first-order valence-electron chi connectivity index (χ1n) is 8.30. The van der Waals surface area contributed by atoms with Crippen molar-refractivity contribution in [1.82, 2.24) is 19.5 Å². The van der Waals surface area contributed by atoms with Gasteiger partial charge in [0.15, 0.2) is 11.2 Å². The summed E-state index contributed by atoms with van der Waals surface area (Å²) in [5.74, 6) is 1.19. The number of hydrogen-bond acceptors (Lipinski definition) is 3. The molecule has 2 aromatic heterocycles. The maximum atomic E-state index is 12.6. The molecule has 0 aliphatic heterocycles. The summed E-state index contributed by atoms with van der Waals surface area (Å²) in [5.41, 5.74) is 2.19. The van der Waals surface area contributed by atoms with Crippen molar-refractivity contribution in [2.24, 2.45) is 0 Å². The summed E-state index contributed by atoms with van der Waals surface area (Å²) in [6.07, 6.45) is 7.65. The van der Waals surface area contributed by atoms with E-state index < -0.39 is 0 Å². The SMILES string of the molecule is O=c1[nH]c(C2CCCCC2)nc2ncn(Cc3ccccc3)c12. The van der Waals surface area contributed by atoms with Gasteiger partial charge in [0.1, 0.15) is 5.82 Å². The molecule has 0 radical (unpaired) electrons. The van der Waals surface area contributed by atoms with Crippen molar-refractivity contribution < 1.29 is 0 Å². The maximum absolute atomic E-state index is 12.6. The minimum Gasteiger partial charge on any atom is -0.320 e. The molecule has 0 bridgehead atoms. The van der Waals surface area contributed by atoms with Crippen LogP contribution in [0.3, 0.4) is 0 Å². The molecule has 1 saturated carbocycles. The van der Waals surface area contributed by atoms with Crippen LogP contribution in [0, 0.1) is 0 Å². The van der Waals surface area contributed by atoms with Crippen LogP contribution in [0.1, 0.15) is 49.4 Å². The van der Waals surface area contributed by atoms with E-state index in [1.165, 1.54) is 19.3 Å². The Balaban J connectivity index is 1.71. The van der Waals surface area contributed by atoms with Crippen LogP contribution < -0.4 is 5.56 Å². The molecule has 1 N–H and O–H groups in total. The van der Waals surface area contributed by atoms with Crippen molar-refractivity contribution in [2.45, 2.75) is 44.6 Å². The number of aromatic nitrogens is 4. The summed E-state index contributed by atoms with van der Waals surface area (Å²) in [4.78, 5) is 24.6. The third-order valence-electron chi connectivity index (χ3n) is 4.69. The molecule has 1 fully saturated rings. The second kappa shape index (κ2) is 5.99. The minimum atomic E-state index is -0.0796. The molecule has 5 nitrogen and oxygen atoms in total. The van der Waals surface area contributed by atoms with E-state index in [-0.39, 0.29) is 5.56 Å². The zero-order valence-electron chi connectivity index (χ0n) is 13.0. The third-order valence-corrected chi connectivity index (χ3v) is 4.69. The van der Waals surface area contributed by atoms with Gasteiger partial charge >= 0.3 is 0 Å². The van der Waals surface area contributed by atoms with Crippen LogP contribution in [0.15, 0.2) is 41.5 Å². The molecule has 0 saturated heterocycles. The quantitative estimate of drug-likeness (QED) is 0.808. The van der Waals surface area contributed by atoms with Crippen molar-refractivity contribution in [1.29, 1.82) is 0 Å². The molecule has 0 unspecified atom stereocenters. The highest BCUT2D eigenvalue weighted by atomic mass is 16.1. The van der Waals surface area contributed by atoms with Gasteiger partial charge in [-0.15, -0.1) is 0 Å². The van der Waals surface area contributed by atoms with Gasteiger partial charge in [0.05, 0.1) is 6.33 Å². The first kappa shape index (κ1) is 14.2. The fraction of sp³-hybridized carbons (Fsp3) is 0.389. The molecule has 1 aliphatic rings. The number of H-pyrrole nitrogens is 1. The van der Waals surface area contributed by atoms with Crippen molar-refractivity contribution in [2.75, 3.05) is 0 Å². The van der Waals surface area contributed by atoms with Crippen molar-refractivity contribution >= 4 is 11.2 Å². The Bertz CT molecular complexity index is 860. The second-order valence-electron chi connectivity index (χ2n) is 6.32. The van der Waals surface area contributed by atoms with Crippen molar-refractivity contribution in [3.63, 3.8) is 0 Å². The summed E-state index contributed by atoms with van der Waals surface area (Å²) >= 11 is 0. The average molecular weight is 308 g/mol. The summed E-state index contributed by atoms with van der Waals surface area (Å²) in [7, 11) is 0. The molecule has 1 aliphatic carbocycles. The maximum Gasteiger partial charge on any atom is 0.277 e. The standard InChI is InChI=1S/C18H20N4O/c23-18-15-17(20-16(21-18)14-9-5-2-6-10-14)19-12-22(15)11-13-7-3-1-4-8-13/h1,3-4,7-8,12,14H,2,5-6,9-11H2,(H,20,21,23). The fourth-order valence-corrected chi connectivity index (χ4v) is 3.47. The number of aromatic amines is 1. The lowest BCUT2D eigenvalue weighted by Gasteiger charge is -2.20. The second-order valence-corrected chi connectivity index (χ2v) is 6.32. The summed E-state index contributed by atoms with van der Waals surface area (Å²) in [5, 5.41) is 0. The zero-order valence-corrected chi connectivity index (χ0v) is 13.0. The van der Waals surface area contributed by atoms with E-state index >= 15 is 0 Å². The summed E-state index contributed by atoms with van der Waals surface area (Å²) in [6.45, 7) is 0.630. The van der Waals surface area contributed by atoms with E-state index in [4.69, 9.17) is 0 Å². The molecule has 2 heterocycles. The fourth-order valence-electron chi connectivity index (χ4n) is 3.47. The molecule has 4 rings (SSSR count). The normalized spacial score (nSPS) is 16.0. The molecule has 23 heavy (non-hydrogen) atoms. The third kappa shape index (κ3) is 2.79. The van der Waals surface area contributed by atoms with Gasteiger partial charge in [-0.2, -0.15) is 0 Å². The highest BCUT2D eigenvalue weighted by molar-refractivity contribution is 5.69. The topological polar surface area (TPSA) is 63.6 Å². The van der Waals surface area contributed by atoms with Gasteiger partial charge in [-0.3, -0.25) is 4.79 Å². The first-order chi connectivity index (χ1) is 11.3. The van der Waals surface area contributed by atoms with Crippen LogP contribution in [0.2, 0.25) is 0 Å². The molecule has 5 heteroatoms. The Morgan fingerprint density at radius 3 is 2.70 bits per heavy atom. The van der Waals surface area contributed by atoms with Crippen LogP contribution >= 0.6 is 0 Å². The monoisotopic (exact) mass is 308 g/mol. The number of benzene rings is 1. The van der Waals surface area contributed by atoms with Crippen LogP contribution in [-0.4, -0.2) is 19.5 Å². The zero-order chi connectivity index (χ0) is 15.6. The minimum absolute atomic E-state index is 0.0796. The van der Waals surface area contributed by atoms with Gasteiger partial charge in [0.25, 0.3) is 5.56 Å². The molecule has 0 amide bonds. The Morgan fingerprint density at radius 2 is 1.91 bits per heavy atom. The molecular formula is C18H20N4O. The summed E-state index contributed by atoms with van der Waals surface area (Å²) < 4.78 is 1.88. The first-order valence-corrected chi connectivity index (χ1v) is 8.30. The largest absolute Gasteiger partial charge is 0.320 e. The van der Waals surface area contributed by atoms with Gasteiger partial charge in [-0.25, -0.2) is 9.97 Å². The molecular weight excluding hydrogens is 288 g/mol. The van der Waals surface area contributed by atoms with E-state index in [1.54, 1.807) is 6.33 Å². The Kier molecular flexibility index (Phi) is 3.69. The predicted molar refractivity (Wildman–Crippen MR) is 89.5 cm³/mol. The highest BCUT2D eigenvalue weighted by Crippen LogP contribution is 2.30. The van der Waals surface area contributed by atoms with Gasteiger partial charge in [0, 0.05) is 12.5 Å². The van der Waals surface area contributed by atoms with Gasteiger partial charge in [-0.05, 0) is 18.4 Å². The van der Waals surface area contributed by atoms with Gasteiger partial charge in [-0.1, -0.05) is 49.6 Å². The van der Waals surface area contributed by atoms with E-state index in [1.807, 2.05) is 34.9 Å². The molecule has 118 valence electrons. The van der Waals surface area contributed by atoms with Crippen molar-refractivity contribution in [3.05, 3.63) is 58.4 Å². The van der Waals surface area contributed by atoms with Crippen LogP contribution in [0.4, 0.5) is 0 Å². The Hall–Kier alpha value is -2.43. The molecule has 3 aromatic rings. The summed E-state index contributed by atoms with van der Waals surface area (Å²) in [6, 6.07) is 10.1. The van der Waals surface area contributed by atoms with E-state index in [9.17, 15) is 4.79 Å². The van der Waals surface area contributed by atoms with E-state index in [0.29, 0.717) is 23.6 Å². The smallest absolute Gasteiger partial charge is 0.277 e. The Labute approximate surface area is 134 Å². The number of nitrogens with one attached hydrogen (secondary N) is 1. The lowest BCUT2D eigenvalue weighted by molar-refractivity contribution is 0.429. The number of rotatable bonds is 3. The van der Waals surface area contributed by atoms with Crippen molar-refractivity contribution in [3.8, 4) is 0 Å². The molecule has 1 aromatic carbocycles. The van der Waals surface area contributed by atoms with Crippen LogP contribution in [0.25, 0.3) is 11.2 Å². The number of hydrogen-bond donors (Lipinski definition) is 1. The van der Waals surface area contributed by atoms with E-state index in [0.717, 1.165) is 24.2 Å². The average Bonchev–Trinajstić information content (AvgIpc) is 3.00. The van der Waals surface area contributed by atoms with Crippen LogP contribution in [0.5, 0.6) is 0 Å². The van der Waals surface area contributed by atoms with E-state index in [2.05, 4.69) is 15.0 Å². The molecule has 0 atom stereocenters.